The summed E-state index contributed by atoms with van der Waals surface area (Å²) >= 11 is 18.6. The van der Waals surface area contributed by atoms with Gasteiger partial charge >= 0.3 is 0 Å². The summed E-state index contributed by atoms with van der Waals surface area (Å²) in [5, 5.41) is 0.832. The zero-order valence-electron chi connectivity index (χ0n) is 17.9. The van der Waals surface area contributed by atoms with Crippen LogP contribution in [0.5, 0.6) is 11.5 Å². The van der Waals surface area contributed by atoms with E-state index in [-0.39, 0.29) is 18.9 Å². The number of hydrogen-bond acceptors (Lipinski definition) is 6. The molecule has 3 rings (SSSR count). The van der Waals surface area contributed by atoms with Gasteiger partial charge in [0.15, 0.2) is 11.5 Å². The number of ether oxygens (including phenoxy) is 3. The van der Waals surface area contributed by atoms with E-state index in [0.717, 1.165) is 17.4 Å². The molecule has 0 atom stereocenters. The quantitative estimate of drug-likeness (QED) is 0.328. The van der Waals surface area contributed by atoms with E-state index in [2.05, 4.69) is 4.72 Å². The summed E-state index contributed by atoms with van der Waals surface area (Å²) in [5.41, 5.74) is 1.47. The van der Waals surface area contributed by atoms with Gasteiger partial charge in [0.05, 0.1) is 48.1 Å². The van der Waals surface area contributed by atoms with Crippen LogP contribution in [-0.4, -0.2) is 59.3 Å². The third-order valence-electron chi connectivity index (χ3n) is 5.11. The topological polar surface area (TPSA) is 90.9 Å². The molecule has 0 spiro atoms. The number of hydrogen-bond donors (Lipinski definition) is 1. The maximum Gasteiger partial charge on any atom is 0.209 e. The predicted octanol–water partition coefficient (Wildman–Crippen LogP) is 3.81. The highest BCUT2D eigenvalue weighted by Crippen LogP contribution is 2.44. The van der Waals surface area contributed by atoms with Crippen LogP contribution < -0.4 is 14.2 Å². The average Bonchev–Trinajstić information content (AvgIpc) is 2.72. The van der Waals surface area contributed by atoms with Gasteiger partial charge in [-0.2, -0.15) is 0 Å². The Balaban J connectivity index is 1.71. The van der Waals surface area contributed by atoms with Crippen LogP contribution in [0, 0.1) is 0 Å². The largest absolute Gasteiger partial charge is 0.490 e. The van der Waals surface area contributed by atoms with Crippen molar-refractivity contribution in [2.75, 3.05) is 45.1 Å². The molecule has 1 fully saturated rings. The summed E-state index contributed by atoms with van der Waals surface area (Å²) in [4.78, 5) is 11.8. The lowest BCUT2D eigenvalue weighted by atomic mass is 9.73. The molecule has 1 aliphatic rings. The smallest absolute Gasteiger partial charge is 0.209 e. The van der Waals surface area contributed by atoms with Crippen LogP contribution in [0.15, 0.2) is 36.4 Å². The SMILES string of the molecule is CS(=O)(=O)NCC(=O)COc1ccc(C2(c3cc(Cl)c(OCCCCl)c(Cl)c3)COC2)cc1. The van der Waals surface area contributed by atoms with Crippen LogP contribution >= 0.6 is 34.8 Å². The molecule has 2 aromatic rings. The molecule has 0 bridgehead atoms. The first kappa shape index (κ1) is 26.1. The molecule has 0 aliphatic carbocycles. The van der Waals surface area contributed by atoms with Crippen molar-refractivity contribution in [3.05, 3.63) is 57.6 Å². The van der Waals surface area contributed by atoms with Gasteiger partial charge in [-0.3, -0.25) is 4.79 Å². The Morgan fingerprint density at radius 1 is 1.09 bits per heavy atom. The minimum absolute atomic E-state index is 0.244. The van der Waals surface area contributed by atoms with E-state index in [9.17, 15) is 13.2 Å². The van der Waals surface area contributed by atoms with Crippen molar-refractivity contribution in [3.8, 4) is 11.5 Å². The Kier molecular flexibility index (Phi) is 8.89. The van der Waals surface area contributed by atoms with E-state index in [0.29, 0.717) is 53.7 Å². The normalized spacial score (nSPS) is 15.0. The van der Waals surface area contributed by atoms with E-state index >= 15 is 0 Å². The van der Waals surface area contributed by atoms with Crippen molar-refractivity contribution in [2.24, 2.45) is 0 Å². The second kappa shape index (κ2) is 11.3. The number of sulfonamides is 1. The first-order valence-corrected chi connectivity index (χ1v) is 13.3. The average molecular weight is 537 g/mol. The van der Waals surface area contributed by atoms with Crippen LogP contribution in [-0.2, 0) is 25.0 Å². The Morgan fingerprint density at radius 3 is 2.24 bits per heavy atom. The molecule has 2 aromatic carbocycles. The fourth-order valence-corrected chi connectivity index (χ4v) is 4.43. The van der Waals surface area contributed by atoms with E-state index in [1.807, 2.05) is 24.3 Å². The molecule has 180 valence electrons. The molecular formula is C22H24Cl3NO6S. The van der Waals surface area contributed by atoms with Crippen molar-refractivity contribution in [2.45, 2.75) is 11.8 Å². The number of rotatable bonds is 12. The van der Waals surface area contributed by atoms with E-state index in [1.165, 1.54) is 0 Å². The number of alkyl halides is 1. The first-order valence-electron chi connectivity index (χ1n) is 10.1. The van der Waals surface area contributed by atoms with Gasteiger partial charge in [-0.1, -0.05) is 35.3 Å². The van der Waals surface area contributed by atoms with Crippen LogP contribution in [0.3, 0.4) is 0 Å². The predicted molar refractivity (Wildman–Crippen MR) is 129 cm³/mol. The molecule has 1 N–H and O–H groups in total. The number of carbonyl (C=O) groups excluding carboxylic acids is 1. The monoisotopic (exact) mass is 535 g/mol. The zero-order valence-corrected chi connectivity index (χ0v) is 21.0. The standard InChI is InChI=1S/C22H24Cl3NO6S/c1-33(28,29)26-11-17(27)12-32-18-5-3-15(4-6-18)22(13-30-14-22)16-9-19(24)21(20(25)10-16)31-8-2-7-23/h3-6,9-10,26H,2,7-8,11-14H2,1H3. The summed E-state index contributed by atoms with van der Waals surface area (Å²) in [6.07, 6.45) is 1.67. The van der Waals surface area contributed by atoms with Crippen molar-refractivity contribution < 1.29 is 27.4 Å². The lowest BCUT2D eigenvalue weighted by molar-refractivity contribution is -0.119. The maximum atomic E-state index is 11.8. The molecule has 0 unspecified atom stereocenters. The van der Waals surface area contributed by atoms with Gasteiger partial charge in [0.2, 0.25) is 10.0 Å². The zero-order chi connectivity index (χ0) is 24.1. The number of carbonyl (C=O) groups is 1. The number of Topliss-reactive ketones (excluding diaryl/α,β-unsaturated/α-hetero) is 1. The molecule has 1 heterocycles. The fourth-order valence-electron chi connectivity index (χ4n) is 3.31. The number of ketones is 1. The van der Waals surface area contributed by atoms with E-state index in [1.54, 1.807) is 12.1 Å². The van der Waals surface area contributed by atoms with Crippen LogP contribution in [0.1, 0.15) is 17.5 Å². The Morgan fingerprint density at radius 2 is 1.73 bits per heavy atom. The van der Waals surface area contributed by atoms with E-state index < -0.39 is 15.4 Å². The molecule has 0 aromatic heterocycles. The Labute approximate surface area is 208 Å². The molecular weight excluding hydrogens is 513 g/mol. The lowest BCUT2D eigenvalue weighted by Gasteiger charge is -2.42. The van der Waals surface area contributed by atoms with Gasteiger partial charge in [-0.05, 0) is 41.8 Å². The summed E-state index contributed by atoms with van der Waals surface area (Å²) in [6.45, 7) is 0.783. The summed E-state index contributed by atoms with van der Waals surface area (Å²) in [5.74, 6) is 1.02. The van der Waals surface area contributed by atoms with Crippen molar-refractivity contribution in [1.82, 2.24) is 4.72 Å². The molecule has 0 radical (unpaired) electrons. The van der Waals surface area contributed by atoms with Gasteiger partial charge in [0.25, 0.3) is 0 Å². The van der Waals surface area contributed by atoms with Gasteiger partial charge in [0.1, 0.15) is 12.4 Å². The van der Waals surface area contributed by atoms with Crippen molar-refractivity contribution >= 4 is 50.6 Å². The maximum absolute atomic E-state index is 11.8. The summed E-state index contributed by atoms with van der Waals surface area (Å²) in [7, 11) is -3.43. The van der Waals surface area contributed by atoms with Gasteiger partial charge < -0.3 is 14.2 Å². The third kappa shape index (κ3) is 6.74. The molecule has 33 heavy (non-hydrogen) atoms. The molecule has 0 saturated carbocycles. The highest BCUT2D eigenvalue weighted by molar-refractivity contribution is 7.88. The minimum Gasteiger partial charge on any atom is -0.490 e. The molecule has 1 saturated heterocycles. The third-order valence-corrected chi connectivity index (χ3v) is 6.61. The van der Waals surface area contributed by atoms with Gasteiger partial charge in [-0.25, -0.2) is 13.1 Å². The highest BCUT2D eigenvalue weighted by atomic mass is 35.5. The molecule has 11 heteroatoms. The van der Waals surface area contributed by atoms with E-state index in [4.69, 9.17) is 49.0 Å². The minimum atomic E-state index is -3.43. The van der Waals surface area contributed by atoms with Crippen LogP contribution in [0.2, 0.25) is 10.0 Å². The summed E-state index contributed by atoms with van der Waals surface area (Å²) < 4.78 is 41.0. The van der Waals surface area contributed by atoms with Gasteiger partial charge in [0, 0.05) is 5.88 Å². The van der Waals surface area contributed by atoms with Gasteiger partial charge in [-0.15, -0.1) is 11.6 Å². The van der Waals surface area contributed by atoms with Crippen molar-refractivity contribution in [1.29, 1.82) is 0 Å². The molecule has 1 aliphatic heterocycles. The summed E-state index contributed by atoms with van der Waals surface area (Å²) in [6, 6.07) is 11.0. The molecule has 0 amide bonds. The second-order valence-electron chi connectivity index (χ2n) is 7.68. The fraction of sp³-hybridized carbons (Fsp3) is 0.409. The van der Waals surface area contributed by atoms with Crippen LogP contribution in [0.25, 0.3) is 0 Å². The van der Waals surface area contributed by atoms with Crippen LogP contribution in [0.4, 0.5) is 0 Å². The lowest BCUT2D eigenvalue weighted by Crippen LogP contribution is -2.47. The molecule has 7 nitrogen and oxygen atoms in total. The Hall–Kier alpha value is -1.55. The number of halogens is 3. The highest BCUT2D eigenvalue weighted by Gasteiger charge is 2.42. The first-order chi connectivity index (χ1) is 15.6. The second-order valence-corrected chi connectivity index (χ2v) is 10.7. The van der Waals surface area contributed by atoms with Crippen molar-refractivity contribution in [3.63, 3.8) is 0 Å². The number of nitrogens with one attached hydrogen (secondary N) is 1. The number of benzene rings is 2. The Bertz CT molecular complexity index is 1060.